The molecule has 166 valence electrons. The predicted molar refractivity (Wildman–Crippen MR) is 119 cm³/mol. The summed E-state index contributed by atoms with van der Waals surface area (Å²) in [4.78, 5) is 27.7. The van der Waals surface area contributed by atoms with Crippen LogP contribution in [0.5, 0.6) is 0 Å². The van der Waals surface area contributed by atoms with Gasteiger partial charge in [0.2, 0.25) is 21.8 Å². The number of amides is 2. The number of piperidine rings is 1. The number of fused-ring (bicyclic) bond motifs is 1. The molecule has 9 heteroatoms. The minimum absolute atomic E-state index is 0.0412. The zero-order valence-corrected chi connectivity index (χ0v) is 19.7. The third kappa shape index (κ3) is 5.18. The highest BCUT2D eigenvalue weighted by Gasteiger charge is 2.32. The van der Waals surface area contributed by atoms with Crippen molar-refractivity contribution in [1.29, 1.82) is 0 Å². The molecule has 30 heavy (non-hydrogen) atoms. The summed E-state index contributed by atoms with van der Waals surface area (Å²) in [6.07, 6.45) is 1.98. The Morgan fingerprint density at radius 3 is 2.53 bits per heavy atom. The van der Waals surface area contributed by atoms with Gasteiger partial charge in [0.1, 0.15) is 6.54 Å². The fourth-order valence-corrected chi connectivity index (χ4v) is 6.36. The van der Waals surface area contributed by atoms with Gasteiger partial charge in [0, 0.05) is 35.7 Å². The van der Waals surface area contributed by atoms with Crippen LogP contribution in [-0.2, 0) is 19.6 Å². The van der Waals surface area contributed by atoms with E-state index in [2.05, 4.69) is 12.2 Å². The molecule has 0 aromatic heterocycles. The summed E-state index contributed by atoms with van der Waals surface area (Å²) in [5.74, 6) is 0.0881. The molecule has 1 fully saturated rings. The normalized spacial score (nSPS) is 21.4. The zero-order valence-electron chi connectivity index (χ0n) is 18.1. The number of carbonyl (C=O) groups is 2. The maximum absolute atomic E-state index is 13.2. The molecule has 0 unspecified atom stereocenters. The second-order valence-corrected chi connectivity index (χ2v) is 12.0. The molecule has 7 nitrogen and oxygen atoms in total. The van der Waals surface area contributed by atoms with Crippen molar-refractivity contribution in [3.8, 4) is 0 Å². The van der Waals surface area contributed by atoms with E-state index in [-0.39, 0.29) is 34.5 Å². The Bertz CT molecular complexity index is 909. The second kappa shape index (κ2) is 9.28. The highest BCUT2D eigenvalue weighted by atomic mass is 32.2. The molecule has 0 aliphatic carbocycles. The van der Waals surface area contributed by atoms with Gasteiger partial charge in [-0.25, -0.2) is 8.42 Å². The lowest BCUT2D eigenvalue weighted by Crippen LogP contribution is -2.43. The van der Waals surface area contributed by atoms with Gasteiger partial charge in [-0.1, -0.05) is 13.8 Å². The molecule has 1 aromatic carbocycles. The van der Waals surface area contributed by atoms with Crippen molar-refractivity contribution in [1.82, 2.24) is 9.62 Å². The quantitative estimate of drug-likeness (QED) is 0.741. The SMILES string of the molecule is CC1CCN(S(=O)(=O)c2ccc3c(c2)N(CC(=O)NC(C)C)C(=O)C[C@@H](C)S3)CC1. The number of sulfonamides is 1. The third-order valence-electron chi connectivity index (χ3n) is 5.44. The molecule has 2 heterocycles. The molecule has 1 N–H and O–H groups in total. The average molecular weight is 454 g/mol. The summed E-state index contributed by atoms with van der Waals surface area (Å²) >= 11 is 1.53. The average Bonchev–Trinajstić information content (AvgIpc) is 2.77. The Hall–Kier alpha value is -1.58. The van der Waals surface area contributed by atoms with Crippen molar-refractivity contribution < 1.29 is 18.0 Å². The van der Waals surface area contributed by atoms with Crippen LogP contribution in [0.25, 0.3) is 0 Å². The van der Waals surface area contributed by atoms with Crippen LogP contribution in [0.15, 0.2) is 28.0 Å². The predicted octanol–water partition coefficient (Wildman–Crippen LogP) is 2.85. The van der Waals surface area contributed by atoms with Crippen molar-refractivity contribution in [3.05, 3.63) is 18.2 Å². The number of anilines is 1. The van der Waals surface area contributed by atoms with E-state index in [0.717, 1.165) is 17.7 Å². The molecule has 0 spiro atoms. The fourth-order valence-electron chi connectivity index (χ4n) is 3.78. The fraction of sp³-hybridized carbons (Fsp3) is 0.619. The summed E-state index contributed by atoms with van der Waals surface area (Å²) in [7, 11) is -3.65. The second-order valence-electron chi connectivity index (χ2n) is 8.55. The number of rotatable bonds is 5. The van der Waals surface area contributed by atoms with E-state index in [4.69, 9.17) is 0 Å². The molecule has 3 rings (SSSR count). The van der Waals surface area contributed by atoms with Gasteiger partial charge in [0.05, 0.1) is 10.6 Å². The molecule has 2 amide bonds. The molecule has 0 saturated carbocycles. The lowest BCUT2D eigenvalue weighted by Gasteiger charge is -2.30. The van der Waals surface area contributed by atoms with E-state index in [0.29, 0.717) is 31.1 Å². The van der Waals surface area contributed by atoms with Crippen LogP contribution >= 0.6 is 11.8 Å². The number of thioether (sulfide) groups is 1. The van der Waals surface area contributed by atoms with E-state index in [1.54, 1.807) is 18.2 Å². The molecule has 1 atom stereocenters. The Morgan fingerprint density at radius 2 is 1.90 bits per heavy atom. The molecule has 2 aliphatic rings. The van der Waals surface area contributed by atoms with Crippen LogP contribution in [0.1, 0.15) is 47.0 Å². The summed E-state index contributed by atoms with van der Waals surface area (Å²) in [6, 6.07) is 4.91. The number of carbonyl (C=O) groups excluding carboxylic acids is 2. The van der Waals surface area contributed by atoms with E-state index in [9.17, 15) is 18.0 Å². The number of nitrogens with one attached hydrogen (secondary N) is 1. The maximum atomic E-state index is 13.2. The van der Waals surface area contributed by atoms with Gasteiger partial charge in [0.25, 0.3) is 0 Å². The van der Waals surface area contributed by atoms with Gasteiger partial charge in [-0.05, 0) is 50.8 Å². The van der Waals surface area contributed by atoms with Crippen molar-refractivity contribution >= 4 is 39.3 Å². The molecular formula is C21H31N3O4S2. The summed E-state index contributed by atoms with van der Waals surface area (Å²) in [6.45, 7) is 8.70. The third-order valence-corrected chi connectivity index (χ3v) is 8.51. The van der Waals surface area contributed by atoms with Crippen LogP contribution in [0.4, 0.5) is 5.69 Å². The number of nitrogens with zero attached hydrogens (tertiary/aromatic N) is 2. The minimum atomic E-state index is -3.65. The van der Waals surface area contributed by atoms with E-state index in [1.807, 2.05) is 20.8 Å². The van der Waals surface area contributed by atoms with Crippen LogP contribution in [0.3, 0.4) is 0 Å². The van der Waals surface area contributed by atoms with Crippen molar-refractivity contribution in [2.24, 2.45) is 5.92 Å². The number of benzene rings is 1. The number of hydrogen-bond acceptors (Lipinski definition) is 5. The Labute approximate surface area is 183 Å². The zero-order chi connectivity index (χ0) is 22.1. The first-order chi connectivity index (χ1) is 14.1. The smallest absolute Gasteiger partial charge is 0.243 e. The van der Waals surface area contributed by atoms with Gasteiger partial charge in [0.15, 0.2) is 0 Å². The highest BCUT2D eigenvalue weighted by molar-refractivity contribution is 8.00. The van der Waals surface area contributed by atoms with Crippen molar-refractivity contribution in [2.45, 2.75) is 68.0 Å². The molecule has 1 aromatic rings. The molecular weight excluding hydrogens is 422 g/mol. The Balaban J connectivity index is 1.96. The largest absolute Gasteiger partial charge is 0.352 e. The van der Waals surface area contributed by atoms with Crippen molar-refractivity contribution in [3.63, 3.8) is 0 Å². The maximum Gasteiger partial charge on any atom is 0.243 e. The van der Waals surface area contributed by atoms with Crippen LogP contribution in [0, 0.1) is 5.92 Å². The molecule has 0 bridgehead atoms. The van der Waals surface area contributed by atoms with E-state index >= 15 is 0 Å². The van der Waals surface area contributed by atoms with Gasteiger partial charge in [-0.15, -0.1) is 11.8 Å². The number of hydrogen-bond donors (Lipinski definition) is 1. The molecule has 0 radical (unpaired) electrons. The first-order valence-electron chi connectivity index (χ1n) is 10.5. The highest BCUT2D eigenvalue weighted by Crippen LogP contribution is 2.39. The van der Waals surface area contributed by atoms with Gasteiger partial charge in [-0.3, -0.25) is 9.59 Å². The first kappa shape index (κ1) is 23.1. The lowest BCUT2D eigenvalue weighted by molar-refractivity contribution is -0.124. The van der Waals surface area contributed by atoms with E-state index < -0.39 is 10.0 Å². The van der Waals surface area contributed by atoms with Crippen LogP contribution < -0.4 is 10.2 Å². The Kier molecular flexibility index (Phi) is 7.14. The standard InChI is InChI=1S/C21H31N3O4S2/c1-14(2)22-20(25)13-24-18-12-17(5-6-19(18)29-16(4)11-21(24)26)30(27,28)23-9-7-15(3)8-10-23/h5-6,12,14-16H,7-11,13H2,1-4H3,(H,22,25)/t16-/m1/s1. The van der Waals surface area contributed by atoms with Crippen molar-refractivity contribution in [2.75, 3.05) is 24.5 Å². The van der Waals surface area contributed by atoms with Crippen LogP contribution in [0.2, 0.25) is 0 Å². The Morgan fingerprint density at radius 1 is 1.23 bits per heavy atom. The first-order valence-corrected chi connectivity index (χ1v) is 12.8. The summed E-state index contributed by atoms with van der Waals surface area (Å²) in [5, 5.41) is 2.85. The minimum Gasteiger partial charge on any atom is -0.352 e. The van der Waals surface area contributed by atoms with Gasteiger partial charge >= 0.3 is 0 Å². The monoisotopic (exact) mass is 453 g/mol. The van der Waals surface area contributed by atoms with Gasteiger partial charge in [-0.2, -0.15) is 4.31 Å². The molecule has 1 saturated heterocycles. The topological polar surface area (TPSA) is 86.8 Å². The van der Waals surface area contributed by atoms with E-state index in [1.165, 1.54) is 21.0 Å². The van der Waals surface area contributed by atoms with Gasteiger partial charge < -0.3 is 10.2 Å². The molecule has 2 aliphatic heterocycles. The van der Waals surface area contributed by atoms with Crippen LogP contribution in [-0.4, -0.2) is 55.5 Å². The summed E-state index contributed by atoms with van der Waals surface area (Å²) < 4.78 is 28.0. The summed E-state index contributed by atoms with van der Waals surface area (Å²) in [5.41, 5.74) is 0.500. The lowest BCUT2D eigenvalue weighted by atomic mass is 10.0.